The van der Waals surface area contributed by atoms with Crippen LogP contribution in [0.25, 0.3) is 11.0 Å². The average Bonchev–Trinajstić information content (AvgIpc) is 2.97. The highest BCUT2D eigenvalue weighted by Crippen LogP contribution is 2.28. The molecule has 0 radical (unpaired) electrons. The molecule has 0 atom stereocenters. The first-order valence-corrected chi connectivity index (χ1v) is 9.93. The molecule has 6 heteroatoms. The summed E-state index contributed by atoms with van der Waals surface area (Å²) in [7, 11) is 0. The first kappa shape index (κ1) is 20.7. The Kier molecular flexibility index (Phi) is 6.42. The third-order valence-corrected chi connectivity index (χ3v) is 4.97. The Morgan fingerprint density at radius 3 is 2.52 bits per heavy atom. The molecule has 2 aromatic carbocycles. The summed E-state index contributed by atoms with van der Waals surface area (Å²) < 4.78 is 13.6. The van der Waals surface area contributed by atoms with Gasteiger partial charge in [-0.1, -0.05) is 6.07 Å². The van der Waals surface area contributed by atoms with Crippen molar-refractivity contribution < 1.29 is 19.4 Å². The summed E-state index contributed by atoms with van der Waals surface area (Å²) in [4.78, 5) is 15.4. The number of imidazole rings is 1. The standard InChI is InChI=1S/C23H28N2O4/c1-5-28-19-9-8-18(15(2)11-19)14-25-17(4)24-23-16(3)12-20(13-21(23)25)29-10-6-7-22(26)27/h8-9,11-13H,5-7,10,14H2,1-4H3,(H,26,27). The van der Waals surface area contributed by atoms with Crippen LogP contribution >= 0.6 is 0 Å². The van der Waals surface area contributed by atoms with E-state index >= 15 is 0 Å². The molecule has 0 aliphatic heterocycles. The van der Waals surface area contributed by atoms with Gasteiger partial charge in [-0.25, -0.2) is 4.98 Å². The van der Waals surface area contributed by atoms with Gasteiger partial charge in [0.2, 0.25) is 0 Å². The second kappa shape index (κ2) is 8.99. The van der Waals surface area contributed by atoms with E-state index in [4.69, 9.17) is 19.6 Å². The van der Waals surface area contributed by atoms with E-state index < -0.39 is 5.97 Å². The van der Waals surface area contributed by atoms with E-state index in [0.29, 0.717) is 26.2 Å². The number of nitrogens with zero attached hydrogens (tertiary/aromatic N) is 2. The van der Waals surface area contributed by atoms with E-state index in [9.17, 15) is 4.79 Å². The maximum absolute atomic E-state index is 10.7. The molecule has 29 heavy (non-hydrogen) atoms. The number of ether oxygens (including phenoxy) is 2. The third-order valence-electron chi connectivity index (χ3n) is 4.97. The van der Waals surface area contributed by atoms with Crippen molar-refractivity contribution in [3.8, 4) is 11.5 Å². The zero-order chi connectivity index (χ0) is 21.0. The van der Waals surface area contributed by atoms with Crippen LogP contribution < -0.4 is 9.47 Å². The number of rotatable bonds is 9. The summed E-state index contributed by atoms with van der Waals surface area (Å²) in [6.45, 7) is 9.84. The lowest BCUT2D eigenvalue weighted by atomic mass is 10.1. The lowest BCUT2D eigenvalue weighted by Gasteiger charge is -2.13. The largest absolute Gasteiger partial charge is 0.494 e. The summed E-state index contributed by atoms with van der Waals surface area (Å²) >= 11 is 0. The van der Waals surface area contributed by atoms with E-state index in [-0.39, 0.29) is 6.42 Å². The highest BCUT2D eigenvalue weighted by atomic mass is 16.5. The van der Waals surface area contributed by atoms with Gasteiger partial charge >= 0.3 is 5.97 Å². The molecule has 1 heterocycles. The minimum absolute atomic E-state index is 0.106. The zero-order valence-corrected chi connectivity index (χ0v) is 17.5. The minimum atomic E-state index is -0.806. The van der Waals surface area contributed by atoms with Gasteiger partial charge in [-0.05, 0) is 69.0 Å². The van der Waals surface area contributed by atoms with Gasteiger partial charge in [0.1, 0.15) is 17.3 Å². The minimum Gasteiger partial charge on any atom is -0.494 e. The van der Waals surface area contributed by atoms with Gasteiger partial charge in [0.05, 0.1) is 24.2 Å². The third kappa shape index (κ3) is 4.88. The molecule has 0 aliphatic carbocycles. The van der Waals surface area contributed by atoms with Gasteiger partial charge in [0, 0.05) is 19.0 Å². The molecule has 0 amide bonds. The summed E-state index contributed by atoms with van der Waals surface area (Å²) in [5.41, 5.74) is 5.41. The Labute approximate surface area is 171 Å². The summed E-state index contributed by atoms with van der Waals surface area (Å²) in [6.07, 6.45) is 0.589. The smallest absolute Gasteiger partial charge is 0.303 e. The molecule has 0 saturated heterocycles. The van der Waals surface area contributed by atoms with Gasteiger partial charge in [0.25, 0.3) is 0 Å². The van der Waals surface area contributed by atoms with E-state index in [1.807, 2.05) is 39.0 Å². The van der Waals surface area contributed by atoms with Gasteiger partial charge in [-0.2, -0.15) is 0 Å². The van der Waals surface area contributed by atoms with Crippen molar-refractivity contribution in [2.75, 3.05) is 13.2 Å². The van der Waals surface area contributed by atoms with Crippen LogP contribution in [0.1, 0.15) is 42.3 Å². The molecule has 3 aromatic rings. The number of aliphatic carboxylic acids is 1. The predicted octanol–water partition coefficient (Wildman–Crippen LogP) is 4.65. The SMILES string of the molecule is CCOc1ccc(Cn2c(C)nc3c(C)cc(OCCCC(=O)O)cc32)c(C)c1. The van der Waals surface area contributed by atoms with Gasteiger partial charge in [0.15, 0.2) is 0 Å². The molecule has 154 valence electrons. The lowest BCUT2D eigenvalue weighted by Crippen LogP contribution is -2.05. The highest BCUT2D eigenvalue weighted by Gasteiger charge is 2.13. The number of aryl methyl sites for hydroxylation is 3. The maximum Gasteiger partial charge on any atom is 0.303 e. The van der Waals surface area contributed by atoms with Crippen LogP contribution in [0.4, 0.5) is 0 Å². The average molecular weight is 396 g/mol. The molecular weight excluding hydrogens is 368 g/mol. The molecule has 0 spiro atoms. The van der Waals surface area contributed by atoms with Gasteiger partial charge < -0.3 is 19.1 Å². The molecule has 6 nitrogen and oxygen atoms in total. The Morgan fingerprint density at radius 2 is 1.83 bits per heavy atom. The Bertz CT molecular complexity index is 1020. The van der Waals surface area contributed by atoms with E-state index in [0.717, 1.165) is 33.9 Å². The maximum atomic E-state index is 10.7. The van der Waals surface area contributed by atoms with Crippen molar-refractivity contribution >= 4 is 17.0 Å². The van der Waals surface area contributed by atoms with Crippen molar-refractivity contribution in [3.05, 3.63) is 52.8 Å². The van der Waals surface area contributed by atoms with Crippen molar-refractivity contribution in [2.24, 2.45) is 0 Å². The van der Waals surface area contributed by atoms with Crippen LogP contribution in [0.15, 0.2) is 30.3 Å². The molecule has 0 aliphatic rings. The normalized spacial score (nSPS) is 11.0. The first-order chi connectivity index (χ1) is 13.9. The number of hydrogen-bond acceptors (Lipinski definition) is 4. The number of aromatic nitrogens is 2. The summed E-state index contributed by atoms with van der Waals surface area (Å²) in [6, 6.07) is 10.1. The Morgan fingerprint density at radius 1 is 1.07 bits per heavy atom. The number of carbonyl (C=O) groups is 1. The predicted molar refractivity (Wildman–Crippen MR) is 113 cm³/mol. The number of carboxylic acids is 1. The molecule has 0 bridgehead atoms. The molecule has 0 saturated carbocycles. The van der Waals surface area contributed by atoms with E-state index in [1.54, 1.807) is 0 Å². The topological polar surface area (TPSA) is 73.6 Å². The first-order valence-electron chi connectivity index (χ1n) is 9.93. The van der Waals surface area contributed by atoms with Crippen molar-refractivity contribution in [1.82, 2.24) is 9.55 Å². The van der Waals surface area contributed by atoms with Crippen LogP contribution in [-0.4, -0.2) is 33.8 Å². The molecule has 1 aromatic heterocycles. The van der Waals surface area contributed by atoms with Crippen molar-refractivity contribution in [1.29, 1.82) is 0 Å². The van der Waals surface area contributed by atoms with Crippen LogP contribution in [0.5, 0.6) is 11.5 Å². The Hall–Kier alpha value is -3.02. The van der Waals surface area contributed by atoms with Gasteiger partial charge in [-0.3, -0.25) is 4.79 Å². The van der Waals surface area contributed by atoms with Crippen LogP contribution in [0.3, 0.4) is 0 Å². The number of carboxylic acid groups (broad SMARTS) is 1. The molecule has 1 N–H and O–H groups in total. The molecule has 3 rings (SSSR count). The highest BCUT2D eigenvalue weighted by molar-refractivity contribution is 5.81. The number of fused-ring (bicyclic) bond motifs is 1. The monoisotopic (exact) mass is 396 g/mol. The van der Waals surface area contributed by atoms with Crippen LogP contribution in [0, 0.1) is 20.8 Å². The van der Waals surface area contributed by atoms with Crippen molar-refractivity contribution in [3.63, 3.8) is 0 Å². The number of benzene rings is 2. The fraction of sp³-hybridized carbons (Fsp3) is 0.391. The quantitative estimate of drug-likeness (QED) is 0.533. The second-order valence-electron chi connectivity index (χ2n) is 7.22. The van der Waals surface area contributed by atoms with E-state index in [2.05, 4.69) is 23.6 Å². The molecule has 0 unspecified atom stereocenters. The fourth-order valence-corrected chi connectivity index (χ4v) is 3.45. The second-order valence-corrected chi connectivity index (χ2v) is 7.22. The molecular formula is C23H28N2O4. The summed E-state index contributed by atoms with van der Waals surface area (Å²) in [5, 5.41) is 8.77. The van der Waals surface area contributed by atoms with Crippen LogP contribution in [0.2, 0.25) is 0 Å². The van der Waals surface area contributed by atoms with E-state index in [1.165, 1.54) is 11.1 Å². The van der Waals surface area contributed by atoms with Crippen LogP contribution in [-0.2, 0) is 11.3 Å². The zero-order valence-electron chi connectivity index (χ0n) is 17.5. The molecule has 0 fully saturated rings. The van der Waals surface area contributed by atoms with Gasteiger partial charge in [-0.15, -0.1) is 0 Å². The fourth-order valence-electron chi connectivity index (χ4n) is 3.45. The summed E-state index contributed by atoms with van der Waals surface area (Å²) in [5.74, 6) is 1.76. The number of hydrogen-bond donors (Lipinski definition) is 1. The lowest BCUT2D eigenvalue weighted by molar-refractivity contribution is -0.137. The van der Waals surface area contributed by atoms with Crippen molar-refractivity contribution in [2.45, 2.75) is 47.1 Å². The Balaban J connectivity index is 1.87.